The second-order valence-electron chi connectivity index (χ2n) is 6.15. The number of hydrogen-bond donors (Lipinski definition) is 1. The first-order valence-corrected chi connectivity index (χ1v) is 9.42. The van der Waals surface area contributed by atoms with Crippen molar-refractivity contribution in [3.8, 4) is 0 Å². The second-order valence-corrected chi connectivity index (χ2v) is 8.08. The van der Waals surface area contributed by atoms with Crippen LogP contribution in [0.1, 0.15) is 26.2 Å². The molecule has 124 valence electrons. The molecule has 0 radical (unpaired) electrons. The highest BCUT2D eigenvalue weighted by molar-refractivity contribution is 7.86. The smallest absolute Gasteiger partial charge is 0.281 e. The lowest BCUT2D eigenvalue weighted by Gasteiger charge is -2.34. The molecule has 0 aromatic rings. The van der Waals surface area contributed by atoms with Gasteiger partial charge in [-0.1, -0.05) is 6.92 Å². The minimum absolute atomic E-state index is 0.340. The van der Waals surface area contributed by atoms with E-state index in [4.69, 9.17) is 4.74 Å². The van der Waals surface area contributed by atoms with Crippen LogP contribution in [0.3, 0.4) is 0 Å². The Labute approximate surface area is 129 Å². The highest BCUT2D eigenvalue weighted by atomic mass is 32.2. The van der Waals surface area contributed by atoms with Crippen LogP contribution in [-0.4, -0.2) is 70.0 Å². The second kappa shape index (κ2) is 7.87. The Bertz CT molecular complexity index is 416. The Morgan fingerprint density at radius 3 is 2.57 bits per heavy atom. The molecule has 2 atom stereocenters. The van der Waals surface area contributed by atoms with Gasteiger partial charge in [0.15, 0.2) is 0 Å². The maximum Gasteiger partial charge on any atom is 0.281 e. The average Bonchev–Trinajstić information content (AvgIpc) is 2.95. The molecule has 21 heavy (non-hydrogen) atoms. The largest absolute Gasteiger partial charge is 0.384 e. The summed E-state index contributed by atoms with van der Waals surface area (Å²) in [7, 11) is -1.61. The Balaban J connectivity index is 1.92. The fourth-order valence-corrected chi connectivity index (χ4v) is 5.11. The molecule has 0 bridgehead atoms. The summed E-state index contributed by atoms with van der Waals surface area (Å²) in [5, 5.41) is 3.33. The fraction of sp³-hybridized carbons (Fsp3) is 1.00. The van der Waals surface area contributed by atoms with E-state index in [9.17, 15) is 8.42 Å². The van der Waals surface area contributed by atoms with Gasteiger partial charge in [0.05, 0.1) is 6.61 Å². The Morgan fingerprint density at radius 2 is 1.86 bits per heavy atom. The number of hydrogen-bond acceptors (Lipinski definition) is 4. The highest BCUT2D eigenvalue weighted by Gasteiger charge is 2.37. The zero-order valence-corrected chi connectivity index (χ0v) is 14.1. The summed E-state index contributed by atoms with van der Waals surface area (Å²) in [5.41, 5.74) is 0. The molecule has 2 unspecified atom stereocenters. The van der Waals surface area contributed by atoms with E-state index in [2.05, 4.69) is 12.2 Å². The van der Waals surface area contributed by atoms with E-state index in [0.29, 0.717) is 44.6 Å². The molecule has 6 nitrogen and oxygen atoms in total. The van der Waals surface area contributed by atoms with Crippen molar-refractivity contribution in [2.75, 3.05) is 53.0 Å². The number of piperidine rings is 1. The van der Waals surface area contributed by atoms with Crippen molar-refractivity contribution < 1.29 is 13.2 Å². The Hall–Kier alpha value is -0.210. The molecule has 7 heteroatoms. The first-order chi connectivity index (χ1) is 10.1. The van der Waals surface area contributed by atoms with Crippen LogP contribution < -0.4 is 5.32 Å². The molecule has 2 fully saturated rings. The number of nitrogens with one attached hydrogen (secondary N) is 1. The van der Waals surface area contributed by atoms with Crippen LogP contribution in [-0.2, 0) is 14.9 Å². The number of rotatable bonds is 7. The van der Waals surface area contributed by atoms with Gasteiger partial charge in [0.2, 0.25) is 0 Å². The van der Waals surface area contributed by atoms with E-state index in [-0.39, 0.29) is 0 Å². The van der Waals surface area contributed by atoms with E-state index < -0.39 is 10.2 Å². The van der Waals surface area contributed by atoms with Crippen molar-refractivity contribution in [2.24, 2.45) is 11.8 Å². The van der Waals surface area contributed by atoms with E-state index in [1.807, 2.05) is 0 Å². The number of nitrogens with zero attached hydrogens (tertiary/aromatic N) is 2. The third kappa shape index (κ3) is 4.39. The molecule has 0 spiro atoms. The van der Waals surface area contributed by atoms with Gasteiger partial charge in [-0.05, 0) is 44.2 Å². The molecule has 0 aromatic carbocycles. The van der Waals surface area contributed by atoms with Crippen molar-refractivity contribution in [3.05, 3.63) is 0 Å². The monoisotopic (exact) mass is 319 g/mol. The van der Waals surface area contributed by atoms with Crippen LogP contribution in [0.2, 0.25) is 0 Å². The standard InChI is InChI=1S/C14H29N3O3S/c1-3-15-9-13-5-4-7-16(10-13)21(18,19)17-8-6-14(11-17)12-20-2/h13-15H,3-12H2,1-2H3. The van der Waals surface area contributed by atoms with Gasteiger partial charge in [-0.25, -0.2) is 0 Å². The van der Waals surface area contributed by atoms with Crippen LogP contribution in [0.4, 0.5) is 0 Å². The first-order valence-electron chi connectivity index (χ1n) is 8.02. The van der Waals surface area contributed by atoms with Gasteiger partial charge in [-0.15, -0.1) is 0 Å². The van der Waals surface area contributed by atoms with Gasteiger partial charge in [-0.3, -0.25) is 0 Å². The van der Waals surface area contributed by atoms with Crippen LogP contribution in [0, 0.1) is 11.8 Å². The molecule has 2 aliphatic rings. The summed E-state index contributed by atoms with van der Waals surface area (Å²) in [4.78, 5) is 0. The average molecular weight is 319 g/mol. The maximum absolute atomic E-state index is 12.7. The fourth-order valence-electron chi connectivity index (χ4n) is 3.29. The predicted molar refractivity (Wildman–Crippen MR) is 83.3 cm³/mol. The molecule has 0 amide bonds. The van der Waals surface area contributed by atoms with Gasteiger partial charge in [0.1, 0.15) is 0 Å². The number of methoxy groups -OCH3 is 1. The molecule has 2 rings (SSSR count). The molecule has 0 aliphatic carbocycles. The van der Waals surface area contributed by atoms with Crippen LogP contribution >= 0.6 is 0 Å². The SMILES string of the molecule is CCNCC1CCCN(S(=O)(=O)N2CCC(COC)C2)C1. The first kappa shape index (κ1) is 17.1. The third-order valence-corrected chi connectivity index (χ3v) is 6.44. The predicted octanol–water partition coefficient (Wildman–Crippen LogP) is 0.521. The van der Waals surface area contributed by atoms with Crippen molar-refractivity contribution in [2.45, 2.75) is 26.2 Å². The zero-order valence-electron chi connectivity index (χ0n) is 13.3. The molecule has 0 saturated carbocycles. The maximum atomic E-state index is 12.7. The van der Waals surface area contributed by atoms with Crippen molar-refractivity contribution in [1.29, 1.82) is 0 Å². The normalized spacial score (nSPS) is 29.0. The molecule has 2 saturated heterocycles. The van der Waals surface area contributed by atoms with Gasteiger partial charge < -0.3 is 10.1 Å². The summed E-state index contributed by atoms with van der Waals surface area (Å²) >= 11 is 0. The minimum atomic E-state index is -3.29. The van der Waals surface area contributed by atoms with Gasteiger partial charge in [0.25, 0.3) is 10.2 Å². The molecule has 1 N–H and O–H groups in total. The van der Waals surface area contributed by atoms with E-state index >= 15 is 0 Å². The van der Waals surface area contributed by atoms with Gasteiger partial charge in [0, 0.05) is 33.3 Å². The molecule has 0 aromatic heterocycles. The minimum Gasteiger partial charge on any atom is -0.384 e. The highest BCUT2D eigenvalue weighted by Crippen LogP contribution is 2.25. The third-order valence-electron chi connectivity index (χ3n) is 4.47. The zero-order chi connectivity index (χ0) is 15.3. The summed E-state index contributed by atoms with van der Waals surface area (Å²) in [5.74, 6) is 0.776. The Kier molecular flexibility index (Phi) is 6.43. The van der Waals surface area contributed by atoms with Crippen molar-refractivity contribution in [3.63, 3.8) is 0 Å². The van der Waals surface area contributed by atoms with Crippen molar-refractivity contribution in [1.82, 2.24) is 13.9 Å². The summed E-state index contributed by atoms with van der Waals surface area (Å²) in [6.07, 6.45) is 2.98. The molecular weight excluding hydrogens is 290 g/mol. The van der Waals surface area contributed by atoms with Gasteiger partial charge >= 0.3 is 0 Å². The van der Waals surface area contributed by atoms with E-state index in [1.54, 1.807) is 15.7 Å². The van der Waals surface area contributed by atoms with E-state index in [0.717, 1.165) is 32.4 Å². The van der Waals surface area contributed by atoms with Crippen LogP contribution in [0.15, 0.2) is 0 Å². The Morgan fingerprint density at radius 1 is 1.14 bits per heavy atom. The van der Waals surface area contributed by atoms with Crippen LogP contribution in [0.25, 0.3) is 0 Å². The van der Waals surface area contributed by atoms with Gasteiger partial charge in [-0.2, -0.15) is 17.0 Å². The summed E-state index contributed by atoms with van der Waals surface area (Å²) < 4.78 is 34.0. The van der Waals surface area contributed by atoms with E-state index in [1.165, 1.54) is 0 Å². The lowest BCUT2D eigenvalue weighted by atomic mass is 10.00. The quantitative estimate of drug-likeness (QED) is 0.743. The number of ether oxygens (including phenoxy) is 1. The molecule has 2 aliphatic heterocycles. The topological polar surface area (TPSA) is 61.9 Å². The summed E-state index contributed by atoms with van der Waals surface area (Å²) in [6, 6.07) is 0. The molecule has 2 heterocycles. The lowest BCUT2D eigenvalue weighted by molar-refractivity contribution is 0.157. The molecular formula is C14H29N3O3S. The summed E-state index contributed by atoms with van der Waals surface area (Å²) in [6.45, 7) is 7.13. The van der Waals surface area contributed by atoms with Crippen LogP contribution in [0.5, 0.6) is 0 Å². The lowest BCUT2D eigenvalue weighted by Crippen LogP contribution is -2.48. The van der Waals surface area contributed by atoms with Crippen molar-refractivity contribution >= 4 is 10.2 Å².